The summed E-state index contributed by atoms with van der Waals surface area (Å²) < 4.78 is 10.5. The van der Waals surface area contributed by atoms with E-state index in [-0.39, 0.29) is 5.78 Å². The van der Waals surface area contributed by atoms with Crippen molar-refractivity contribution in [3.63, 3.8) is 0 Å². The smallest absolute Gasteiger partial charge is 0.132 e. The van der Waals surface area contributed by atoms with Crippen LogP contribution in [0.1, 0.15) is 25.3 Å². The summed E-state index contributed by atoms with van der Waals surface area (Å²) in [6, 6.07) is 5.64. The number of methoxy groups -OCH3 is 2. The van der Waals surface area contributed by atoms with Gasteiger partial charge >= 0.3 is 0 Å². The molecule has 16 heavy (non-hydrogen) atoms. The molecule has 0 aromatic heterocycles. The highest BCUT2D eigenvalue weighted by molar-refractivity contribution is 5.78. The van der Waals surface area contributed by atoms with Crippen LogP contribution < -0.4 is 9.47 Å². The normalized spacial score (nSPS) is 9.94. The number of benzene rings is 1. The molecular formula is C13H18O3. The lowest BCUT2D eigenvalue weighted by molar-refractivity contribution is -0.118. The molecule has 0 spiro atoms. The minimum Gasteiger partial charge on any atom is -0.496 e. The molecular weight excluding hydrogens is 204 g/mol. The van der Waals surface area contributed by atoms with Crippen molar-refractivity contribution >= 4 is 5.78 Å². The molecule has 0 aliphatic carbocycles. The largest absolute Gasteiger partial charge is 0.496 e. The Kier molecular flexibility index (Phi) is 4.83. The van der Waals surface area contributed by atoms with Gasteiger partial charge in [-0.05, 0) is 18.6 Å². The molecule has 3 heteroatoms. The van der Waals surface area contributed by atoms with Gasteiger partial charge in [0, 0.05) is 18.4 Å². The molecule has 0 atom stereocenters. The van der Waals surface area contributed by atoms with Crippen LogP contribution in [0.4, 0.5) is 0 Å². The first kappa shape index (κ1) is 12.6. The molecule has 0 aliphatic heterocycles. The summed E-state index contributed by atoms with van der Waals surface area (Å²) in [5, 5.41) is 0. The highest BCUT2D eigenvalue weighted by Gasteiger charge is 2.10. The second-order valence-electron chi connectivity index (χ2n) is 3.53. The fourth-order valence-electron chi connectivity index (χ4n) is 1.62. The van der Waals surface area contributed by atoms with E-state index in [1.165, 1.54) is 0 Å². The highest BCUT2D eigenvalue weighted by Crippen LogP contribution is 2.29. The Balaban J connectivity index is 2.86. The van der Waals surface area contributed by atoms with Gasteiger partial charge in [-0.3, -0.25) is 4.79 Å². The van der Waals surface area contributed by atoms with Gasteiger partial charge in [0.05, 0.1) is 14.2 Å². The van der Waals surface area contributed by atoms with E-state index in [4.69, 9.17) is 9.47 Å². The summed E-state index contributed by atoms with van der Waals surface area (Å²) in [6.07, 6.45) is 1.78. The number of carbonyl (C=O) groups excluding carboxylic acids is 1. The number of carbonyl (C=O) groups is 1. The molecule has 1 rings (SSSR count). The number of Topliss-reactive ketones (excluding diaryl/α,β-unsaturated/α-hetero) is 1. The van der Waals surface area contributed by atoms with E-state index >= 15 is 0 Å². The molecule has 0 unspecified atom stereocenters. The molecule has 0 bridgehead atoms. The minimum absolute atomic E-state index is 0.257. The van der Waals surface area contributed by atoms with Crippen molar-refractivity contribution in [2.45, 2.75) is 26.2 Å². The number of rotatable bonds is 6. The molecule has 3 nitrogen and oxygen atoms in total. The van der Waals surface area contributed by atoms with Gasteiger partial charge < -0.3 is 9.47 Å². The van der Waals surface area contributed by atoms with Crippen molar-refractivity contribution in [2.75, 3.05) is 14.2 Å². The fourth-order valence-corrected chi connectivity index (χ4v) is 1.62. The third kappa shape index (κ3) is 2.99. The number of hydrogen-bond acceptors (Lipinski definition) is 3. The molecule has 0 fully saturated rings. The summed E-state index contributed by atoms with van der Waals surface area (Å²) in [5.41, 5.74) is 0.967. The van der Waals surface area contributed by atoms with Crippen LogP contribution in [0.5, 0.6) is 11.5 Å². The van der Waals surface area contributed by atoms with Crippen molar-refractivity contribution in [2.24, 2.45) is 0 Å². The van der Waals surface area contributed by atoms with Gasteiger partial charge in [0.2, 0.25) is 0 Å². The summed E-state index contributed by atoms with van der Waals surface area (Å²) >= 11 is 0. The number of ketones is 1. The summed E-state index contributed by atoms with van der Waals surface area (Å²) in [4.78, 5) is 11.3. The SMILES string of the molecule is CCC(=O)CCc1c(OC)cccc1OC. The van der Waals surface area contributed by atoms with Gasteiger partial charge in [-0.1, -0.05) is 13.0 Å². The zero-order valence-electron chi connectivity index (χ0n) is 10.1. The molecule has 0 aliphatic rings. The average Bonchev–Trinajstić information content (AvgIpc) is 2.35. The molecule has 1 aromatic carbocycles. The third-order valence-corrected chi connectivity index (χ3v) is 2.58. The lowest BCUT2D eigenvalue weighted by Gasteiger charge is -2.12. The molecule has 1 aromatic rings. The van der Waals surface area contributed by atoms with Crippen molar-refractivity contribution in [1.82, 2.24) is 0 Å². The van der Waals surface area contributed by atoms with Crippen molar-refractivity contribution in [3.05, 3.63) is 23.8 Å². The summed E-state index contributed by atoms with van der Waals surface area (Å²) in [5.74, 6) is 1.82. The van der Waals surface area contributed by atoms with Gasteiger partial charge in [-0.15, -0.1) is 0 Å². The number of hydrogen-bond donors (Lipinski definition) is 0. The second-order valence-corrected chi connectivity index (χ2v) is 3.53. The van der Waals surface area contributed by atoms with E-state index < -0.39 is 0 Å². The monoisotopic (exact) mass is 222 g/mol. The van der Waals surface area contributed by atoms with Gasteiger partial charge in [0.15, 0.2) is 0 Å². The lowest BCUT2D eigenvalue weighted by Crippen LogP contribution is -2.01. The average molecular weight is 222 g/mol. The third-order valence-electron chi connectivity index (χ3n) is 2.58. The van der Waals surface area contributed by atoms with Crippen molar-refractivity contribution in [3.8, 4) is 11.5 Å². The summed E-state index contributed by atoms with van der Waals surface area (Å²) in [7, 11) is 3.25. The zero-order valence-corrected chi connectivity index (χ0v) is 10.1. The molecule has 0 amide bonds. The Hall–Kier alpha value is -1.51. The quantitative estimate of drug-likeness (QED) is 0.742. The van der Waals surface area contributed by atoms with Crippen molar-refractivity contribution in [1.29, 1.82) is 0 Å². The molecule has 88 valence electrons. The van der Waals surface area contributed by atoms with Gasteiger partial charge in [-0.25, -0.2) is 0 Å². The Morgan fingerprint density at radius 3 is 2.19 bits per heavy atom. The van der Waals surface area contributed by atoms with E-state index in [2.05, 4.69) is 0 Å². The van der Waals surface area contributed by atoms with Crippen LogP contribution in [0.25, 0.3) is 0 Å². The standard InChI is InChI=1S/C13H18O3/c1-4-10(14)8-9-11-12(15-2)6-5-7-13(11)16-3/h5-7H,4,8-9H2,1-3H3. The Bertz CT molecular complexity index is 336. The van der Waals surface area contributed by atoms with Crippen LogP contribution in [0.2, 0.25) is 0 Å². The second kappa shape index (κ2) is 6.16. The van der Waals surface area contributed by atoms with Crippen LogP contribution >= 0.6 is 0 Å². The van der Waals surface area contributed by atoms with E-state index in [1.807, 2.05) is 25.1 Å². The van der Waals surface area contributed by atoms with E-state index in [9.17, 15) is 4.79 Å². The molecule has 0 radical (unpaired) electrons. The van der Waals surface area contributed by atoms with E-state index in [0.717, 1.165) is 17.1 Å². The number of ether oxygens (including phenoxy) is 2. The van der Waals surface area contributed by atoms with E-state index in [1.54, 1.807) is 14.2 Å². The van der Waals surface area contributed by atoms with Crippen molar-refractivity contribution < 1.29 is 14.3 Å². The molecule has 0 heterocycles. The van der Waals surface area contributed by atoms with Gasteiger partial charge in [0.1, 0.15) is 17.3 Å². The Morgan fingerprint density at radius 1 is 1.19 bits per heavy atom. The highest BCUT2D eigenvalue weighted by atomic mass is 16.5. The van der Waals surface area contributed by atoms with E-state index in [0.29, 0.717) is 19.3 Å². The maximum atomic E-state index is 11.3. The maximum Gasteiger partial charge on any atom is 0.132 e. The minimum atomic E-state index is 0.257. The van der Waals surface area contributed by atoms with Gasteiger partial charge in [0.25, 0.3) is 0 Å². The van der Waals surface area contributed by atoms with Crippen LogP contribution in [-0.4, -0.2) is 20.0 Å². The predicted molar refractivity (Wildman–Crippen MR) is 63.2 cm³/mol. The molecule has 0 N–H and O–H groups in total. The van der Waals surface area contributed by atoms with Gasteiger partial charge in [-0.2, -0.15) is 0 Å². The first-order valence-electron chi connectivity index (χ1n) is 5.44. The molecule has 0 saturated carbocycles. The Morgan fingerprint density at radius 2 is 1.75 bits per heavy atom. The van der Waals surface area contributed by atoms with Crippen LogP contribution in [0.3, 0.4) is 0 Å². The summed E-state index contributed by atoms with van der Waals surface area (Å²) in [6.45, 7) is 1.88. The van der Waals surface area contributed by atoms with Crippen LogP contribution in [0, 0.1) is 0 Å². The maximum absolute atomic E-state index is 11.3. The lowest BCUT2D eigenvalue weighted by atomic mass is 10.0. The fraction of sp³-hybridized carbons (Fsp3) is 0.462. The van der Waals surface area contributed by atoms with Crippen LogP contribution in [-0.2, 0) is 11.2 Å². The zero-order chi connectivity index (χ0) is 12.0. The van der Waals surface area contributed by atoms with Crippen LogP contribution in [0.15, 0.2) is 18.2 Å². The Labute approximate surface area is 96.4 Å². The predicted octanol–water partition coefficient (Wildman–Crippen LogP) is 2.62. The topological polar surface area (TPSA) is 35.5 Å². The first-order chi connectivity index (χ1) is 7.72. The first-order valence-corrected chi connectivity index (χ1v) is 5.44. The molecule has 0 saturated heterocycles.